The lowest BCUT2D eigenvalue weighted by Crippen LogP contribution is -2.27. The summed E-state index contributed by atoms with van der Waals surface area (Å²) < 4.78 is 53.0. The number of sulfonamides is 2. The molecular weight excluding hydrogens is 372 g/mol. The summed E-state index contributed by atoms with van der Waals surface area (Å²) in [4.78, 5) is 0.197. The van der Waals surface area contributed by atoms with E-state index in [1.54, 1.807) is 31.2 Å². The number of hydrogen-bond donors (Lipinski definition) is 2. The molecule has 0 atom stereocenters. The van der Waals surface area contributed by atoms with Gasteiger partial charge in [0.05, 0.1) is 10.6 Å². The molecule has 0 amide bonds. The Labute approximate surface area is 155 Å². The molecule has 0 fully saturated rings. The van der Waals surface area contributed by atoms with E-state index in [2.05, 4.69) is 9.44 Å². The van der Waals surface area contributed by atoms with Gasteiger partial charge in [-0.1, -0.05) is 48.9 Å². The van der Waals surface area contributed by atoms with Crippen LogP contribution in [-0.4, -0.2) is 29.9 Å². The zero-order valence-electron chi connectivity index (χ0n) is 14.9. The van der Waals surface area contributed by atoms with Crippen LogP contribution in [0.3, 0.4) is 0 Å². The van der Waals surface area contributed by atoms with E-state index in [0.717, 1.165) is 16.7 Å². The Bertz CT molecular complexity index is 920. The van der Waals surface area contributed by atoms with E-state index in [1.165, 1.54) is 12.1 Å². The normalized spacial score (nSPS) is 12.2. The van der Waals surface area contributed by atoms with Crippen molar-refractivity contribution in [2.75, 3.05) is 13.1 Å². The van der Waals surface area contributed by atoms with Gasteiger partial charge in [0, 0.05) is 13.1 Å². The zero-order chi connectivity index (χ0) is 19.2. The van der Waals surface area contributed by atoms with Crippen LogP contribution < -0.4 is 9.44 Å². The van der Waals surface area contributed by atoms with Gasteiger partial charge in [-0.3, -0.25) is 0 Å². The molecule has 0 radical (unpaired) electrons. The van der Waals surface area contributed by atoms with Crippen LogP contribution in [-0.2, 0) is 32.2 Å². The highest BCUT2D eigenvalue weighted by Gasteiger charge is 2.13. The van der Waals surface area contributed by atoms with E-state index in [0.29, 0.717) is 13.0 Å². The van der Waals surface area contributed by atoms with Crippen LogP contribution in [0.5, 0.6) is 0 Å². The molecule has 2 aromatic rings. The molecule has 0 unspecified atom stereocenters. The van der Waals surface area contributed by atoms with Gasteiger partial charge in [0.2, 0.25) is 20.0 Å². The molecule has 26 heavy (non-hydrogen) atoms. The summed E-state index contributed by atoms with van der Waals surface area (Å²) in [5, 5.41) is 0. The lowest BCUT2D eigenvalue weighted by atomic mass is 10.2. The van der Waals surface area contributed by atoms with Gasteiger partial charge in [-0.05, 0) is 36.6 Å². The summed E-state index contributed by atoms with van der Waals surface area (Å²) in [7, 11) is -6.88. The molecule has 0 saturated carbocycles. The monoisotopic (exact) mass is 396 g/mol. The highest BCUT2D eigenvalue weighted by atomic mass is 32.2. The number of rotatable bonds is 9. The van der Waals surface area contributed by atoms with Crippen LogP contribution in [0.2, 0.25) is 0 Å². The maximum Gasteiger partial charge on any atom is 0.240 e. The average molecular weight is 397 g/mol. The Morgan fingerprint density at radius 1 is 0.808 bits per heavy atom. The topological polar surface area (TPSA) is 92.3 Å². The molecular formula is C18H24N2O4S2. The molecule has 2 aromatic carbocycles. The molecule has 0 saturated heterocycles. The van der Waals surface area contributed by atoms with Gasteiger partial charge in [0.15, 0.2) is 0 Å². The van der Waals surface area contributed by atoms with Gasteiger partial charge in [-0.2, -0.15) is 0 Å². The minimum absolute atomic E-state index is 0.0624. The summed E-state index contributed by atoms with van der Waals surface area (Å²) in [5.41, 5.74) is 2.68. The van der Waals surface area contributed by atoms with Crippen LogP contribution in [0.4, 0.5) is 0 Å². The molecule has 0 spiro atoms. The van der Waals surface area contributed by atoms with Crippen molar-refractivity contribution in [3.63, 3.8) is 0 Å². The van der Waals surface area contributed by atoms with Crippen LogP contribution in [0, 0.1) is 6.92 Å². The molecule has 142 valence electrons. The van der Waals surface area contributed by atoms with Crippen molar-refractivity contribution >= 4 is 20.0 Å². The first kappa shape index (κ1) is 20.6. The fraction of sp³-hybridized carbons (Fsp3) is 0.333. The van der Waals surface area contributed by atoms with Gasteiger partial charge in [0.1, 0.15) is 0 Å². The molecule has 0 aliphatic rings. The Balaban J connectivity index is 1.89. The first-order chi connectivity index (χ1) is 12.2. The molecule has 0 heterocycles. The van der Waals surface area contributed by atoms with Crippen LogP contribution in [0.25, 0.3) is 0 Å². The Kier molecular flexibility index (Phi) is 6.94. The second kappa shape index (κ2) is 8.77. The quantitative estimate of drug-likeness (QED) is 0.678. The summed E-state index contributed by atoms with van der Waals surface area (Å²) in [6.45, 7) is 4.25. The van der Waals surface area contributed by atoms with Crippen molar-refractivity contribution in [3.05, 3.63) is 65.2 Å². The van der Waals surface area contributed by atoms with E-state index in [9.17, 15) is 16.8 Å². The number of hydrogen-bond acceptors (Lipinski definition) is 4. The van der Waals surface area contributed by atoms with Gasteiger partial charge < -0.3 is 0 Å². The van der Waals surface area contributed by atoms with Crippen molar-refractivity contribution in [2.24, 2.45) is 0 Å². The highest BCUT2D eigenvalue weighted by Crippen LogP contribution is 2.11. The number of nitrogens with one attached hydrogen (secondary N) is 2. The summed E-state index contributed by atoms with van der Waals surface area (Å²) in [6.07, 6.45) is 0.481. The third kappa shape index (κ3) is 6.21. The summed E-state index contributed by atoms with van der Waals surface area (Å²) in [5.74, 6) is -0.0624. The smallest absolute Gasteiger partial charge is 0.215 e. The SMILES string of the molecule is CCNS(=O)(=O)c1ccc(CCNS(=O)(=O)Cc2ccc(C)cc2)cc1. The highest BCUT2D eigenvalue weighted by molar-refractivity contribution is 7.89. The molecule has 2 rings (SSSR count). The molecule has 0 aliphatic carbocycles. The minimum atomic E-state index is -3.47. The second-order valence-corrected chi connectivity index (χ2v) is 9.61. The summed E-state index contributed by atoms with van der Waals surface area (Å²) >= 11 is 0. The Morgan fingerprint density at radius 2 is 1.38 bits per heavy atom. The summed E-state index contributed by atoms with van der Waals surface area (Å²) in [6, 6.07) is 13.8. The van der Waals surface area contributed by atoms with E-state index in [-0.39, 0.29) is 17.2 Å². The molecule has 0 bridgehead atoms. The number of aryl methyl sites for hydroxylation is 1. The van der Waals surface area contributed by atoms with E-state index < -0.39 is 20.0 Å². The maximum absolute atomic E-state index is 12.1. The average Bonchev–Trinajstić information content (AvgIpc) is 2.57. The van der Waals surface area contributed by atoms with Crippen molar-refractivity contribution in [2.45, 2.75) is 30.9 Å². The van der Waals surface area contributed by atoms with E-state index >= 15 is 0 Å². The molecule has 6 nitrogen and oxygen atoms in total. The van der Waals surface area contributed by atoms with E-state index in [4.69, 9.17) is 0 Å². The largest absolute Gasteiger partial charge is 0.240 e. The predicted molar refractivity (Wildman–Crippen MR) is 103 cm³/mol. The Hall–Kier alpha value is -1.74. The first-order valence-corrected chi connectivity index (χ1v) is 11.5. The van der Waals surface area contributed by atoms with Crippen molar-refractivity contribution in [3.8, 4) is 0 Å². The van der Waals surface area contributed by atoms with Crippen molar-refractivity contribution in [1.82, 2.24) is 9.44 Å². The predicted octanol–water partition coefficient (Wildman–Crippen LogP) is 1.96. The van der Waals surface area contributed by atoms with Crippen LogP contribution >= 0.6 is 0 Å². The first-order valence-electron chi connectivity index (χ1n) is 8.33. The second-order valence-electron chi connectivity index (χ2n) is 6.03. The molecule has 0 aromatic heterocycles. The Morgan fingerprint density at radius 3 is 1.96 bits per heavy atom. The fourth-order valence-corrected chi connectivity index (χ4v) is 4.60. The molecule has 0 aliphatic heterocycles. The van der Waals surface area contributed by atoms with Crippen LogP contribution in [0.15, 0.2) is 53.4 Å². The lowest BCUT2D eigenvalue weighted by molar-refractivity contribution is 0.580. The number of benzene rings is 2. The van der Waals surface area contributed by atoms with E-state index in [1.807, 2.05) is 19.1 Å². The third-order valence-electron chi connectivity index (χ3n) is 3.78. The van der Waals surface area contributed by atoms with Gasteiger partial charge in [-0.25, -0.2) is 26.3 Å². The fourth-order valence-electron chi connectivity index (χ4n) is 2.41. The van der Waals surface area contributed by atoms with Gasteiger partial charge >= 0.3 is 0 Å². The van der Waals surface area contributed by atoms with Crippen LogP contribution in [0.1, 0.15) is 23.6 Å². The van der Waals surface area contributed by atoms with Crippen molar-refractivity contribution in [1.29, 1.82) is 0 Å². The zero-order valence-corrected chi connectivity index (χ0v) is 16.5. The van der Waals surface area contributed by atoms with Gasteiger partial charge in [0.25, 0.3) is 0 Å². The minimum Gasteiger partial charge on any atom is -0.215 e. The van der Waals surface area contributed by atoms with Gasteiger partial charge in [-0.15, -0.1) is 0 Å². The molecule has 2 N–H and O–H groups in total. The lowest BCUT2D eigenvalue weighted by Gasteiger charge is -2.08. The standard InChI is InChI=1S/C18H24N2O4S2/c1-3-19-26(23,24)18-10-8-16(9-11-18)12-13-20-25(21,22)14-17-6-4-15(2)5-7-17/h4-11,19-20H,3,12-14H2,1-2H3. The third-order valence-corrected chi connectivity index (χ3v) is 6.70. The van der Waals surface area contributed by atoms with Crippen molar-refractivity contribution < 1.29 is 16.8 Å². The maximum atomic E-state index is 12.1. The molecule has 8 heteroatoms.